The summed E-state index contributed by atoms with van der Waals surface area (Å²) >= 11 is 0. The van der Waals surface area contributed by atoms with E-state index in [4.69, 9.17) is 13.9 Å². The van der Waals surface area contributed by atoms with Crippen molar-refractivity contribution in [3.63, 3.8) is 0 Å². The van der Waals surface area contributed by atoms with Crippen LogP contribution >= 0.6 is 0 Å². The summed E-state index contributed by atoms with van der Waals surface area (Å²) in [6, 6.07) is 3.24. The number of aryl methyl sites for hydroxylation is 2. The molecule has 0 radical (unpaired) electrons. The molecule has 1 aromatic heterocycles. The number of carbonyl (C=O) groups is 1. The first-order valence-corrected chi connectivity index (χ1v) is 9.50. The largest absolute Gasteiger partial charge is 0.487 e. The van der Waals surface area contributed by atoms with Crippen molar-refractivity contribution in [3.05, 3.63) is 33.7 Å². The maximum Gasteiger partial charge on any atom is 0.336 e. The first-order valence-electron chi connectivity index (χ1n) is 9.50. The molecule has 0 atom stereocenters. The highest BCUT2D eigenvalue weighted by Crippen LogP contribution is 2.42. The lowest BCUT2D eigenvalue weighted by Crippen LogP contribution is -2.34. The Morgan fingerprint density at radius 3 is 2.79 bits per heavy atom. The summed E-state index contributed by atoms with van der Waals surface area (Å²) in [6.07, 6.45) is 1.57. The topological polar surface area (TPSA) is 81.0 Å². The summed E-state index contributed by atoms with van der Waals surface area (Å²) in [4.78, 5) is 26.0. The summed E-state index contributed by atoms with van der Waals surface area (Å²) < 4.78 is 17.4. The zero-order valence-corrected chi connectivity index (χ0v) is 17.2. The average molecular weight is 388 g/mol. The van der Waals surface area contributed by atoms with E-state index in [-0.39, 0.29) is 18.1 Å². The van der Waals surface area contributed by atoms with Gasteiger partial charge in [0.05, 0.1) is 5.39 Å². The van der Waals surface area contributed by atoms with Crippen molar-refractivity contribution < 1.29 is 18.7 Å². The molecule has 7 nitrogen and oxygen atoms in total. The summed E-state index contributed by atoms with van der Waals surface area (Å²) in [5, 5.41) is 3.53. The van der Waals surface area contributed by atoms with Gasteiger partial charge in [0, 0.05) is 30.8 Å². The van der Waals surface area contributed by atoms with Crippen molar-refractivity contribution in [2.45, 2.75) is 39.2 Å². The van der Waals surface area contributed by atoms with Crippen LogP contribution in [-0.4, -0.2) is 50.2 Å². The van der Waals surface area contributed by atoms with Crippen molar-refractivity contribution in [1.29, 1.82) is 0 Å². The van der Waals surface area contributed by atoms with Crippen LogP contribution in [0.15, 0.2) is 21.3 Å². The molecule has 0 spiro atoms. The smallest absolute Gasteiger partial charge is 0.336 e. The molecule has 2 aromatic rings. The summed E-state index contributed by atoms with van der Waals surface area (Å²) in [5.41, 5.74) is 1.39. The Hall–Kier alpha value is -2.54. The number of likely N-dealkylation sites (N-methyl/N-ethyl adjacent to an activating group) is 1. The number of ether oxygens (including phenoxy) is 2. The van der Waals surface area contributed by atoms with E-state index in [1.165, 1.54) is 6.07 Å². The number of fused-ring (bicyclic) bond motifs is 3. The third kappa shape index (κ3) is 4.47. The number of nitrogens with one attached hydrogen (secondary N) is 1. The van der Waals surface area contributed by atoms with E-state index in [0.717, 1.165) is 30.5 Å². The number of amides is 1. The Labute approximate surface area is 164 Å². The molecule has 1 aliphatic heterocycles. The van der Waals surface area contributed by atoms with Gasteiger partial charge in [-0.05, 0) is 53.3 Å². The van der Waals surface area contributed by atoms with Gasteiger partial charge in [-0.15, -0.1) is 0 Å². The van der Waals surface area contributed by atoms with Gasteiger partial charge < -0.3 is 24.1 Å². The first-order chi connectivity index (χ1) is 13.2. The molecule has 1 N–H and O–H groups in total. The number of carbonyl (C=O) groups excluding carboxylic acids is 1. The number of benzene rings is 1. The van der Waals surface area contributed by atoms with Crippen LogP contribution in [0.3, 0.4) is 0 Å². The summed E-state index contributed by atoms with van der Waals surface area (Å²) in [6.45, 7) is 7.05. The standard InChI is InChI=1S/C21H28N2O5/c1-13-10-18(25)27-20-14-6-7-21(2,3)28-15(14)11-16(19(13)20)26-12-17(24)22-8-9-23(4)5/h10-11H,6-9,12H2,1-5H3,(H,22,24). The van der Waals surface area contributed by atoms with Crippen LogP contribution in [0.2, 0.25) is 0 Å². The van der Waals surface area contributed by atoms with Crippen LogP contribution in [0.25, 0.3) is 11.0 Å². The quantitative estimate of drug-likeness (QED) is 0.765. The first kappa shape index (κ1) is 20.2. The Bertz CT molecular complexity index is 946. The molecule has 0 bridgehead atoms. The fourth-order valence-electron chi connectivity index (χ4n) is 3.35. The number of nitrogens with zero attached hydrogens (tertiary/aromatic N) is 1. The molecule has 0 aliphatic carbocycles. The molecule has 0 saturated carbocycles. The Morgan fingerprint density at radius 2 is 2.07 bits per heavy atom. The van der Waals surface area contributed by atoms with Crippen molar-refractivity contribution >= 4 is 16.9 Å². The molecule has 3 rings (SSSR count). The van der Waals surface area contributed by atoms with Gasteiger partial charge in [-0.25, -0.2) is 4.79 Å². The molecular weight excluding hydrogens is 360 g/mol. The van der Waals surface area contributed by atoms with Crippen molar-refractivity contribution in [2.24, 2.45) is 0 Å². The highest BCUT2D eigenvalue weighted by atomic mass is 16.5. The van der Waals surface area contributed by atoms with Crippen LogP contribution in [0, 0.1) is 6.92 Å². The molecule has 1 aromatic carbocycles. The molecule has 7 heteroatoms. The van der Waals surface area contributed by atoms with Crippen LogP contribution in [0.1, 0.15) is 31.4 Å². The van der Waals surface area contributed by atoms with Crippen molar-refractivity contribution in [2.75, 3.05) is 33.8 Å². The highest BCUT2D eigenvalue weighted by molar-refractivity contribution is 5.91. The van der Waals surface area contributed by atoms with Crippen LogP contribution in [0.5, 0.6) is 11.5 Å². The maximum absolute atomic E-state index is 12.1. The molecule has 152 valence electrons. The molecule has 0 unspecified atom stereocenters. The molecule has 0 saturated heterocycles. The van der Waals surface area contributed by atoms with Crippen LogP contribution in [-0.2, 0) is 11.2 Å². The average Bonchev–Trinajstić information content (AvgIpc) is 2.57. The second-order valence-electron chi connectivity index (χ2n) is 8.11. The van der Waals surface area contributed by atoms with E-state index in [1.54, 1.807) is 6.07 Å². The van der Waals surface area contributed by atoms with Gasteiger partial charge in [-0.3, -0.25) is 4.79 Å². The molecule has 1 aliphatic rings. The Balaban J connectivity index is 1.91. The fraction of sp³-hybridized carbons (Fsp3) is 0.524. The number of hydrogen-bond donors (Lipinski definition) is 1. The molecule has 0 fully saturated rings. The molecule has 28 heavy (non-hydrogen) atoms. The minimum atomic E-state index is -0.407. The summed E-state index contributed by atoms with van der Waals surface area (Å²) in [7, 11) is 3.89. The molecular formula is C21H28N2O5. The van der Waals surface area contributed by atoms with Gasteiger partial charge in [-0.2, -0.15) is 0 Å². The Morgan fingerprint density at radius 1 is 1.32 bits per heavy atom. The SMILES string of the molecule is Cc1cc(=O)oc2c3c(cc(OCC(=O)NCCN(C)C)c12)OC(C)(C)CC3. The minimum absolute atomic E-state index is 0.122. The van der Waals surface area contributed by atoms with Crippen LogP contribution < -0.4 is 20.4 Å². The van der Waals surface area contributed by atoms with E-state index >= 15 is 0 Å². The fourth-order valence-corrected chi connectivity index (χ4v) is 3.35. The van der Waals surface area contributed by atoms with E-state index in [2.05, 4.69) is 5.32 Å². The number of rotatable bonds is 6. The molecule has 1 amide bonds. The second kappa shape index (κ2) is 7.83. The lowest BCUT2D eigenvalue weighted by molar-refractivity contribution is -0.123. The maximum atomic E-state index is 12.1. The van der Waals surface area contributed by atoms with E-state index in [0.29, 0.717) is 29.0 Å². The van der Waals surface area contributed by atoms with Gasteiger partial charge in [0.25, 0.3) is 5.91 Å². The number of hydrogen-bond acceptors (Lipinski definition) is 6. The minimum Gasteiger partial charge on any atom is -0.487 e. The Kier molecular flexibility index (Phi) is 5.65. The van der Waals surface area contributed by atoms with Gasteiger partial charge in [-0.1, -0.05) is 0 Å². The lowest BCUT2D eigenvalue weighted by atomic mass is 9.92. The van der Waals surface area contributed by atoms with Gasteiger partial charge in [0.15, 0.2) is 6.61 Å². The van der Waals surface area contributed by atoms with Crippen molar-refractivity contribution in [3.8, 4) is 11.5 Å². The van der Waals surface area contributed by atoms with E-state index in [1.807, 2.05) is 39.8 Å². The summed E-state index contributed by atoms with van der Waals surface area (Å²) in [5.74, 6) is 0.917. The predicted octanol–water partition coefficient (Wildman–Crippen LogP) is 2.26. The van der Waals surface area contributed by atoms with Crippen molar-refractivity contribution in [1.82, 2.24) is 10.2 Å². The molecule has 2 heterocycles. The second-order valence-corrected chi connectivity index (χ2v) is 8.11. The monoisotopic (exact) mass is 388 g/mol. The van der Waals surface area contributed by atoms with Gasteiger partial charge in [0.2, 0.25) is 0 Å². The van der Waals surface area contributed by atoms with Crippen LogP contribution in [0.4, 0.5) is 0 Å². The zero-order valence-electron chi connectivity index (χ0n) is 17.2. The van der Waals surface area contributed by atoms with Gasteiger partial charge >= 0.3 is 5.63 Å². The highest BCUT2D eigenvalue weighted by Gasteiger charge is 2.30. The van der Waals surface area contributed by atoms with Gasteiger partial charge in [0.1, 0.15) is 22.7 Å². The van der Waals surface area contributed by atoms with E-state index < -0.39 is 5.63 Å². The normalized spacial score (nSPS) is 15.2. The third-order valence-electron chi connectivity index (χ3n) is 4.84. The van der Waals surface area contributed by atoms with E-state index in [9.17, 15) is 9.59 Å². The third-order valence-corrected chi connectivity index (χ3v) is 4.84. The lowest BCUT2D eigenvalue weighted by Gasteiger charge is -2.33. The zero-order chi connectivity index (χ0) is 20.5. The predicted molar refractivity (Wildman–Crippen MR) is 107 cm³/mol.